The van der Waals surface area contributed by atoms with Crippen LogP contribution in [0.2, 0.25) is 0 Å². The number of carbonyl (C=O) groups is 2. The highest BCUT2D eigenvalue weighted by molar-refractivity contribution is 7.98. The Balaban J connectivity index is 1.96. The minimum atomic E-state index is -0.787. The number of nitrogens with one attached hydrogen (secondary N) is 1. The van der Waals surface area contributed by atoms with Crippen LogP contribution in [-0.4, -0.2) is 29.7 Å². The zero-order valence-electron chi connectivity index (χ0n) is 16.1. The number of esters is 1. The lowest BCUT2D eigenvalue weighted by Crippen LogP contribution is -2.31. The molecule has 0 heterocycles. The largest absolute Gasteiger partial charge is 0.452 e. The highest BCUT2D eigenvalue weighted by Gasteiger charge is 2.19. The fourth-order valence-electron chi connectivity index (χ4n) is 2.57. The minimum absolute atomic E-state index is 0.0273. The second-order valence-corrected chi connectivity index (χ2v) is 7.20. The van der Waals surface area contributed by atoms with Crippen molar-refractivity contribution >= 4 is 29.3 Å². The summed E-state index contributed by atoms with van der Waals surface area (Å²) in [6.45, 7) is 5.38. The first-order valence-electron chi connectivity index (χ1n) is 8.59. The number of benzene rings is 2. The van der Waals surface area contributed by atoms with E-state index in [4.69, 9.17) is 4.74 Å². The van der Waals surface area contributed by atoms with Crippen molar-refractivity contribution in [1.82, 2.24) is 5.32 Å². The molecule has 0 saturated carbocycles. The zero-order chi connectivity index (χ0) is 20.8. The van der Waals surface area contributed by atoms with Gasteiger partial charge in [0.25, 0.3) is 11.6 Å². The van der Waals surface area contributed by atoms with Crippen LogP contribution < -0.4 is 5.32 Å². The van der Waals surface area contributed by atoms with E-state index in [1.54, 1.807) is 6.26 Å². The maximum Gasteiger partial charge on any atom is 0.338 e. The van der Waals surface area contributed by atoms with E-state index in [2.05, 4.69) is 5.32 Å². The molecule has 0 aliphatic heterocycles. The molecule has 7 nitrogen and oxygen atoms in total. The van der Waals surface area contributed by atoms with Crippen LogP contribution in [0.4, 0.5) is 5.69 Å². The van der Waals surface area contributed by atoms with E-state index in [1.807, 2.05) is 39.0 Å². The zero-order valence-corrected chi connectivity index (χ0v) is 17.0. The molecule has 1 amide bonds. The summed E-state index contributed by atoms with van der Waals surface area (Å²) in [5.41, 5.74) is 3.10. The lowest BCUT2D eigenvalue weighted by atomic mass is 10.0. The number of thioether (sulfide) groups is 1. The summed E-state index contributed by atoms with van der Waals surface area (Å²) in [7, 11) is 0. The van der Waals surface area contributed by atoms with Gasteiger partial charge >= 0.3 is 5.97 Å². The third-order valence-electron chi connectivity index (χ3n) is 4.35. The fourth-order valence-corrected chi connectivity index (χ4v) is 3.12. The fraction of sp³-hybridized carbons (Fsp3) is 0.300. The molecule has 0 radical (unpaired) electrons. The van der Waals surface area contributed by atoms with Gasteiger partial charge in [0.05, 0.1) is 21.4 Å². The third kappa shape index (κ3) is 5.32. The van der Waals surface area contributed by atoms with E-state index in [1.165, 1.54) is 23.9 Å². The van der Waals surface area contributed by atoms with Crippen molar-refractivity contribution in [2.45, 2.75) is 31.7 Å². The number of nitrogens with zero attached hydrogens (tertiary/aromatic N) is 1. The first-order valence-corrected chi connectivity index (χ1v) is 9.81. The molecule has 2 aromatic carbocycles. The first-order chi connectivity index (χ1) is 13.2. The Bertz CT molecular complexity index is 913. The smallest absolute Gasteiger partial charge is 0.338 e. The maximum atomic E-state index is 12.1. The van der Waals surface area contributed by atoms with Gasteiger partial charge in [-0.15, -0.1) is 11.8 Å². The van der Waals surface area contributed by atoms with Crippen molar-refractivity contribution in [2.24, 2.45) is 0 Å². The third-order valence-corrected chi connectivity index (χ3v) is 5.14. The van der Waals surface area contributed by atoms with E-state index in [-0.39, 0.29) is 17.3 Å². The number of aryl methyl sites for hydroxylation is 2. The summed E-state index contributed by atoms with van der Waals surface area (Å²) >= 11 is 1.21. The normalized spacial score (nSPS) is 11.6. The number of hydrogen-bond acceptors (Lipinski definition) is 6. The molecular formula is C20H22N2O5S. The molecule has 1 N–H and O–H groups in total. The first kappa shape index (κ1) is 21.4. The van der Waals surface area contributed by atoms with E-state index in [0.29, 0.717) is 4.90 Å². The van der Waals surface area contributed by atoms with Crippen LogP contribution in [0, 0.1) is 24.0 Å². The molecule has 8 heteroatoms. The quantitative estimate of drug-likeness (QED) is 0.326. The molecule has 0 bridgehead atoms. The number of hydrogen-bond donors (Lipinski definition) is 1. The molecule has 0 saturated heterocycles. The summed E-state index contributed by atoms with van der Waals surface area (Å²) < 4.78 is 5.00. The maximum absolute atomic E-state index is 12.1. The molecule has 0 aromatic heterocycles. The molecular weight excluding hydrogens is 380 g/mol. The van der Waals surface area contributed by atoms with Crippen LogP contribution in [0.15, 0.2) is 41.3 Å². The van der Waals surface area contributed by atoms with Crippen molar-refractivity contribution in [3.63, 3.8) is 0 Å². The van der Waals surface area contributed by atoms with Crippen LogP contribution in [0.5, 0.6) is 0 Å². The number of nitro groups is 1. The van der Waals surface area contributed by atoms with Crippen molar-refractivity contribution in [3.8, 4) is 0 Å². The van der Waals surface area contributed by atoms with E-state index in [0.717, 1.165) is 22.8 Å². The monoisotopic (exact) mass is 402 g/mol. The lowest BCUT2D eigenvalue weighted by molar-refractivity contribution is -0.387. The van der Waals surface area contributed by atoms with Gasteiger partial charge in [0.2, 0.25) is 0 Å². The molecule has 28 heavy (non-hydrogen) atoms. The summed E-state index contributed by atoms with van der Waals surface area (Å²) in [6, 6.07) is 9.76. The van der Waals surface area contributed by atoms with Gasteiger partial charge in [0.15, 0.2) is 6.61 Å². The van der Waals surface area contributed by atoms with Crippen molar-refractivity contribution in [3.05, 3.63) is 68.8 Å². The van der Waals surface area contributed by atoms with Gasteiger partial charge in [0.1, 0.15) is 0 Å². The Morgan fingerprint density at radius 1 is 1.18 bits per heavy atom. The number of amides is 1. The Kier molecular flexibility index (Phi) is 7.17. The topological polar surface area (TPSA) is 98.5 Å². The van der Waals surface area contributed by atoms with Gasteiger partial charge in [-0.3, -0.25) is 14.9 Å². The van der Waals surface area contributed by atoms with Crippen molar-refractivity contribution in [1.29, 1.82) is 0 Å². The number of rotatable bonds is 7. The number of nitro benzene ring substituents is 1. The van der Waals surface area contributed by atoms with Gasteiger partial charge < -0.3 is 10.1 Å². The van der Waals surface area contributed by atoms with Crippen LogP contribution >= 0.6 is 11.8 Å². The van der Waals surface area contributed by atoms with Crippen LogP contribution in [0.25, 0.3) is 0 Å². The lowest BCUT2D eigenvalue weighted by Gasteiger charge is -2.15. The standard InChI is InChI=1S/C20H22N2O5S/c1-12-5-6-15(9-13(12)2)14(3)21-19(23)11-27-20(24)16-7-8-18(28-4)17(10-16)22(25)26/h5-10,14H,11H2,1-4H3,(H,21,23)/t14-/m0/s1. The van der Waals surface area contributed by atoms with Gasteiger partial charge in [-0.25, -0.2) is 4.79 Å². The second-order valence-electron chi connectivity index (χ2n) is 6.35. The predicted octanol–water partition coefficient (Wildman–Crippen LogP) is 3.97. The summed E-state index contributed by atoms with van der Waals surface area (Å²) in [6.07, 6.45) is 1.71. The van der Waals surface area contributed by atoms with E-state index >= 15 is 0 Å². The van der Waals surface area contributed by atoms with Gasteiger partial charge in [-0.2, -0.15) is 0 Å². The summed E-state index contributed by atoms with van der Waals surface area (Å²) in [4.78, 5) is 35.2. The molecule has 0 unspecified atom stereocenters. The Morgan fingerprint density at radius 3 is 2.50 bits per heavy atom. The average molecular weight is 402 g/mol. The van der Waals surface area contributed by atoms with Crippen molar-refractivity contribution < 1.29 is 19.2 Å². The number of carbonyl (C=O) groups excluding carboxylic acids is 2. The highest BCUT2D eigenvalue weighted by Crippen LogP contribution is 2.28. The highest BCUT2D eigenvalue weighted by atomic mass is 32.2. The second kappa shape index (κ2) is 9.36. The molecule has 0 aliphatic carbocycles. The van der Waals surface area contributed by atoms with Crippen LogP contribution in [-0.2, 0) is 9.53 Å². The van der Waals surface area contributed by atoms with E-state index in [9.17, 15) is 19.7 Å². The van der Waals surface area contributed by atoms with Gasteiger partial charge in [-0.05, 0) is 55.9 Å². The van der Waals surface area contributed by atoms with Gasteiger partial charge in [0, 0.05) is 6.07 Å². The SMILES string of the molecule is CSc1ccc(C(=O)OCC(=O)N[C@@H](C)c2ccc(C)c(C)c2)cc1[N+](=O)[O-]. The Morgan fingerprint density at radius 2 is 1.89 bits per heavy atom. The van der Waals surface area contributed by atoms with Crippen LogP contribution in [0.3, 0.4) is 0 Å². The van der Waals surface area contributed by atoms with Gasteiger partial charge in [-0.1, -0.05) is 18.2 Å². The molecule has 0 spiro atoms. The molecule has 1 atom stereocenters. The molecule has 0 fully saturated rings. The van der Waals surface area contributed by atoms with Crippen LogP contribution in [0.1, 0.15) is 40.0 Å². The molecule has 0 aliphatic rings. The predicted molar refractivity (Wildman–Crippen MR) is 108 cm³/mol. The Hall–Kier alpha value is -2.87. The number of ether oxygens (including phenoxy) is 1. The molecule has 2 aromatic rings. The van der Waals surface area contributed by atoms with Crippen molar-refractivity contribution in [2.75, 3.05) is 12.9 Å². The summed E-state index contributed by atoms with van der Waals surface area (Å²) in [5, 5.41) is 13.9. The Labute approximate surface area is 167 Å². The molecule has 148 valence electrons. The molecule has 2 rings (SSSR count). The van der Waals surface area contributed by atoms with E-state index < -0.39 is 23.4 Å². The minimum Gasteiger partial charge on any atom is -0.452 e. The summed E-state index contributed by atoms with van der Waals surface area (Å²) in [5.74, 6) is -1.24. The average Bonchev–Trinajstić information content (AvgIpc) is 2.67.